The summed E-state index contributed by atoms with van der Waals surface area (Å²) < 4.78 is 0. The molecule has 0 bridgehead atoms. The zero-order valence-electron chi connectivity index (χ0n) is 12.8. The van der Waals surface area contributed by atoms with Crippen LogP contribution in [0, 0.1) is 0 Å². The fraction of sp³-hybridized carbons (Fsp3) is 0.611. The second-order valence-corrected chi connectivity index (χ2v) is 6.64. The highest BCUT2D eigenvalue weighted by Crippen LogP contribution is 2.45. The van der Waals surface area contributed by atoms with Crippen molar-refractivity contribution < 1.29 is 4.79 Å². The summed E-state index contributed by atoms with van der Waals surface area (Å²) >= 11 is 0. The van der Waals surface area contributed by atoms with Crippen LogP contribution in [-0.4, -0.2) is 31.1 Å². The summed E-state index contributed by atoms with van der Waals surface area (Å²) in [5.74, 6) is 0.646. The number of aliphatic imine (C=N–C) groups is 1. The van der Waals surface area contributed by atoms with Crippen LogP contribution in [0.1, 0.15) is 55.6 Å². The van der Waals surface area contributed by atoms with Crippen LogP contribution in [0.2, 0.25) is 0 Å². The average molecular weight is 284 g/mol. The molecule has 1 heterocycles. The maximum atomic E-state index is 10.8. The molecule has 0 N–H and O–H groups in total. The highest BCUT2D eigenvalue weighted by Gasteiger charge is 2.39. The number of hydrogen-bond donors (Lipinski definition) is 0. The molecule has 0 spiro atoms. The van der Waals surface area contributed by atoms with Crippen LogP contribution in [0.3, 0.4) is 0 Å². The van der Waals surface area contributed by atoms with Gasteiger partial charge in [-0.05, 0) is 75.7 Å². The molecule has 1 aromatic rings. The van der Waals surface area contributed by atoms with E-state index in [1.807, 2.05) is 0 Å². The lowest BCUT2D eigenvalue weighted by atomic mass is 9.71. The molecule has 1 saturated carbocycles. The van der Waals surface area contributed by atoms with E-state index in [-0.39, 0.29) is 5.54 Å². The molecule has 2 fully saturated rings. The van der Waals surface area contributed by atoms with Crippen molar-refractivity contribution in [2.24, 2.45) is 4.99 Å². The Morgan fingerprint density at radius 2 is 2.10 bits per heavy atom. The van der Waals surface area contributed by atoms with Crippen LogP contribution in [-0.2, 0) is 10.3 Å². The number of hydrogen-bond acceptors (Lipinski definition) is 3. The Kier molecular flexibility index (Phi) is 4.23. The van der Waals surface area contributed by atoms with Crippen LogP contribution >= 0.6 is 0 Å². The number of nitrogens with zero attached hydrogens (tertiary/aromatic N) is 2. The lowest BCUT2D eigenvalue weighted by Gasteiger charge is -2.37. The summed E-state index contributed by atoms with van der Waals surface area (Å²) in [5, 5.41) is 0. The Morgan fingerprint density at radius 3 is 2.81 bits per heavy atom. The van der Waals surface area contributed by atoms with E-state index < -0.39 is 0 Å². The third kappa shape index (κ3) is 2.95. The number of benzene rings is 1. The Morgan fingerprint density at radius 1 is 1.24 bits per heavy atom. The van der Waals surface area contributed by atoms with Gasteiger partial charge in [-0.1, -0.05) is 24.3 Å². The molecule has 0 amide bonds. The lowest BCUT2D eigenvalue weighted by molar-refractivity contribution is 0.255. The number of rotatable bonds is 3. The Bertz CT molecular complexity index is 544. The standard InChI is InChI=1S/C18H24N2O/c1-20-11-3-6-15(8-12-20)16-5-2-7-17(13-16)18(19-14-21)9-4-10-18/h2,5,7,13,15H,3-4,6,8-12H2,1H3. The number of carbonyl (C=O) groups excluding carboxylic acids is 1. The molecule has 1 aliphatic heterocycles. The molecule has 1 atom stereocenters. The van der Waals surface area contributed by atoms with Crippen LogP contribution in [0.25, 0.3) is 0 Å². The summed E-state index contributed by atoms with van der Waals surface area (Å²) in [6, 6.07) is 8.82. The molecule has 1 aromatic carbocycles. The quantitative estimate of drug-likeness (QED) is 0.627. The number of likely N-dealkylation sites (tertiary alicyclic amines) is 1. The fourth-order valence-corrected chi connectivity index (χ4v) is 3.72. The third-order valence-electron chi connectivity index (χ3n) is 5.29. The van der Waals surface area contributed by atoms with Crippen molar-refractivity contribution in [3.05, 3.63) is 35.4 Å². The monoisotopic (exact) mass is 284 g/mol. The van der Waals surface area contributed by atoms with E-state index in [4.69, 9.17) is 0 Å². The van der Waals surface area contributed by atoms with E-state index in [1.165, 1.54) is 43.5 Å². The van der Waals surface area contributed by atoms with Crippen molar-refractivity contribution in [1.82, 2.24) is 4.90 Å². The number of isocyanates is 1. The second-order valence-electron chi connectivity index (χ2n) is 6.64. The molecule has 1 saturated heterocycles. The summed E-state index contributed by atoms with van der Waals surface area (Å²) in [4.78, 5) is 17.3. The first-order valence-corrected chi connectivity index (χ1v) is 8.11. The molecular weight excluding hydrogens is 260 g/mol. The lowest BCUT2D eigenvalue weighted by Crippen LogP contribution is -2.32. The zero-order valence-corrected chi connectivity index (χ0v) is 12.8. The molecular formula is C18H24N2O. The first-order valence-electron chi connectivity index (χ1n) is 8.11. The van der Waals surface area contributed by atoms with Gasteiger partial charge in [-0.2, -0.15) is 4.99 Å². The highest BCUT2D eigenvalue weighted by molar-refractivity contribution is 5.41. The van der Waals surface area contributed by atoms with E-state index in [0.29, 0.717) is 5.92 Å². The van der Waals surface area contributed by atoms with Gasteiger partial charge < -0.3 is 4.90 Å². The minimum atomic E-state index is -0.265. The molecule has 0 radical (unpaired) electrons. The van der Waals surface area contributed by atoms with Crippen LogP contribution < -0.4 is 0 Å². The molecule has 3 heteroatoms. The molecule has 21 heavy (non-hydrogen) atoms. The van der Waals surface area contributed by atoms with Gasteiger partial charge in [-0.3, -0.25) is 0 Å². The van der Waals surface area contributed by atoms with Gasteiger partial charge in [0.15, 0.2) is 0 Å². The Hall–Kier alpha value is -1.44. The van der Waals surface area contributed by atoms with Gasteiger partial charge in [-0.25, -0.2) is 4.79 Å². The summed E-state index contributed by atoms with van der Waals surface area (Å²) in [7, 11) is 2.21. The van der Waals surface area contributed by atoms with Crippen molar-refractivity contribution in [2.75, 3.05) is 20.1 Å². The SMILES string of the molecule is CN1CCCC(c2cccc(C3(N=C=O)CCC3)c2)CC1. The van der Waals surface area contributed by atoms with Crippen molar-refractivity contribution >= 4 is 6.08 Å². The minimum Gasteiger partial charge on any atom is -0.306 e. The largest absolute Gasteiger partial charge is 0.306 e. The minimum absolute atomic E-state index is 0.265. The maximum absolute atomic E-state index is 10.8. The maximum Gasteiger partial charge on any atom is 0.235 e. The summed E-state index contributed by atoms with van der Waals surface area (Å²) in [5.41, 5.74) is 2.38. The average Bonchev–Trinajstić information content (AvgIpc) is 2.68. The van der Waals surface area contributed by atoms with Crippen LogP contribution in [0.4, 0.5) is 0 Å². The highest BCUT2D eigenvalue weighted by atomic mass is 16.1. The van der Waals surface area contributed by atoms with Gasteiger partial charge in [0.25, 0.3) is 0 Å². The molecule has 1 unspecified atom stereocenters. The fourth-order valence-electron chi connectivity index (χ4n) is 3.72. The molecule has 0 aromatic heterocycles. The topological polar surface area (TPSA) is 32.7 Å². The van der Waals surface area contributed by atoms with E-state index in [2.05, 4.69) is 41.2 Å². The van der Waals surface area contributed by atoms with Crippen molar-refractivity contribution in [1.29, 1.82) is 0 Å². The Labute approximate surface area is 127 Å². The summed E-state index contributed by atoms with van der Waals surface area (Å²) in [6.45, 7) is 2.38. The zero-order chi connectivity index (χ0) is 14.7. The normalized spacial score (nSPS) is 25.5. The van der Waals surface area contributed by atoms with Gasteiger partial charge in [-0.15, -0.1) is 0 Å². The van der Waals surface area contributed by atoms with Gasteiger partial charge in [0, 0.05) is 0 Å². The molecule has 112 valence electrons. The molecule has 3 rings (SSSR count). The first-order chi connectivity index (χ1) is 10.2. The molecule has 1 aliphatic carbocycles. The van der Waals surface area contributed by atoms with Gasteiger partial charge >= 0.3 is 0 Å². The third-order valence-corrected chi connectivity index (χ3v) is 5.29. The molecule has 2 aliphatic rings. The van der Waals surface area contributed by atoms with E-state index in [1.54, 1.807) is 6.08 Å². The van der Waals surface area contributed by atoms with Crippen molar-refractivity contribution in [2.45, 2.75) is 50.0 Å². The van der Waals surface area contributed by atoms with Crippen LogP contribution in [0.15, 0.2) is 29.3 Å². The van der Waals surface area contributed by atoms with Crippen molar-refractivity contribution in [3.63, 3.8) is 0 Å². The van der Waals surface area contributed by atoms with Crippen LogP contribution in [0.5, 0.6) is 0 Å². The van der Waals surface area contributed by atoms with E-state index >= 15 is 0 Å². The van der Waals surface area contributed by atoms with Gasteiger partial charge in [0.2, 0.25) is 6.08 Å². The van der Waals surface area contributed by atoms with Gasteiger partial charge in [0.1, 0.15) is 0 Å². The van der Waals surface area contributed by atoms with Crippen molar-refractivity contribution in [3.8, 4) is 0 Å². The first kappa shape index (κ1) is 14.5. The smallest absolute Gasteiger partial charge is 0.235 e. The summed E-state index contributed by atoms with van der Waals surface area (Å²) in [6.07, 6.45) is 8.67. The second kappa shape index (κ2) is 6.13. The Balaban J connectivity index is 1.84. The predicted octanol–water partition coefficient (Wildman–Crippen LogP) is 3.60. The van der Waals surface area contributed by atoms with E-state index in [0.717, 1.165) is 19.3 Å². The van der Waals surface area contributed by atoms with E-state index in [9.17, 15) is 4.79 Å². The molecule has 3 nitrogen and oxygen atoms in total. The van der Waals surface area contributed by atoms with Gasteiger partial charge in [0.05, 0.1) is 5.54 Å². The predicted molar refractivity (Wildman–Crippen MR) is 84.2 cm³/mol.